The number of benzene rings is 1. The van der Waals surface area contributed by atoms with Gasteiger partial charge in [-0.2, -0.15) is 5.26 Å². The second kappa shape index (κ2) is 5.16. The molecule has 2 aromatic rings. The van der Waals surface area contributed by atoms with Crippen molar-refractivity contribution in [3.05, 3.63) is 42.1 Å². The van der Waals surface area contributed by atoms with Crippen LogP contribution in [0.15, 0.2) is 36.4 Å². The number of hydrogen-bond acceptors (Lipinski definition) is 3. The zero-order valence-corrected chi connectivity index (χ0v) is 11.2. The first-order chi connectivity index (χ1) is 9.04. The first-order valence-corrected chi connectivity index (χ1v) is 7.39. The third-order valence-electron chi connectivity index (χ3n) is 2.66. The van der Waals surface area contributed by atoms with E-state index in [4.69, 9.17) is 5.26 Å². The molecule has 2 rings (SSSR count). The Hall–Kier alpha value is -2.26. The highest BCUT2D eigenvalue weighted by atomic mass is 32.2. The molecular weight excluding hydrogens is 262 g/mol. The molecule has 0 aliphatic rings. The second-order valence-electron chi connectivity index (χ2n) is 3.98. The van der Waals surface area contributed by atoms with Crippen LogP contribution in [0.5, 0.6) is 0 Å². The fraction of sp³-hybridized carbons (Fsp3) is 0.154. The van der Waals surface area contributed by atoms with Crippen molar-refractivity contribution < 1.29 is 8.42 Å². The van der Waals surface area contributed by atoms with Gasteiger partial charge in [-0.25, -0.2) is 8.42 Å². The maximum Gasteiger partial charge on any atom is 0.232 e. The van der Waals surface area contributed by atoms with Gasteiger partial charge < -0.3 is 4.98 Å². The zero-order chi connectivity index (χ0) is 13.9. The molecule has 0 saturated carbocycles. The molecule has 1 aromatic heterocycles. The molecule has 0 radical (unpaired) electrons. The van der Waals surface area contributed by atoms with Gasteiger partial charge in [-0.1, -0.05) is 12.1 Å². The van der Waals surface area contributed by atoms with Gasteiger partial charge in [0.1, 0.15) is 11.8 Å². The van der Waals surface area contributed by atoms with Crippen LogP contribution in [0.3, 0.4) is 0 Å². The quantitative estimate of drug-likeness (QED) is 0.897. The summed E-state index contributed by atoms with van der Waals surface area (Å²) in [5.74, 6) is 0.0386. The number of aromatic nitrogens is 1. The lowest BCUT2D eigenvalue weighted by molar-refractivity contribution is 0.602. The molecule has 6 heteroatoms. The van der Waals surface area contributed by atoms with Crippen LogP contribution in [0.1, 0.15) is 12.6 Å². The first-order valence-electron chi connectivity index (χ1n) is 5.74. The van der Waals surface area contributed by atoms with E-state index in [2.05, 4.69) is 9.71 Å². The van der Waals surface area contributed by atoms with Crippen LogP contribution in [0.2, 0.25) is 0 Å². The summed E-state index contributed by atoms with van der Waals surface area (Å²) in [5, 5.41) is 8.74. The van der Waals surface area contributed by atoms with Gasteiger partial charge in [0.05, 0.1) is 5.75 Å². The van der Waals surface area contributed by atoms with E-state index in [1.807, 2.05) is 12.1 Å². The maximum atomic E-state index is 11.4. The van der Waals surface area contributed by atoms with Gasteiger partial charge in [-0.3, -0.25) is 4.72 Å². The van der Waals surface area contributed by atoms with Crippen LogP contribution < -0.4 is 4.72 Å². The average Bonchev–Trinajstić information content (AvgIpc) is 2.88. The second-order valence-corrected chi connectivity index (χ2v) is 5.99. The smallest absolute Gasteiger partial charge is 0.232 e. The molecule has 19 heavy (non-hydrogen) atoms. The molecule has 5 nitrogen and oxygen atoms in total. The Bertz CT molecular complexity index is 709. The van der Waals surface area contributed by atoms with E-state index in [1.54, 1.807) is 37.3 Å². The van der Waals surface area contributed by atoms with Gasteiger partial charge in [0, 0.05) is 11.4 Å². The van der Waals surface area contributed by atoms with E-state index >= 15 is 0 Å². The topological polar surface area (TPSA) is 85.8 Å². The van der Waals surface area contributed by atoms with E-state index in [-0.39, 0.29) is 5.75 Å². The lowest BCUT2D eigenvalue weighted by Gasteiger charge is -2.06. The minimum atomic E-state index is -3.25. The number of H-pyrrole nitrogens is 1. The minimum absolute atomic E-state index is 0.0386. The van der Waals surface area contributed by atoms with E-state index in [9.17, 15) is 8.42 Å². The Morgan fingerprint density at radius 1 is 1.21 bits per heavy atom. The van der Waals surface area contributed by atoms with E-state index in [0.717, 1.165) is 11.3 Å². The SMILES string of the molecule is CCS(=O)(=O)Nc1ccc(-c2ccc(C#N)[nH]2)cc1. The Morgan fingerprint density at radius 3 is 2.42 bits per heavy atom. The van der Waals surface area contributed by atoms with Crippen molar-refractivity contribution in [1.29, 1.82) is 5.26 Å². The highest BCUT2D eigenvalue weighted by Crippen LogP contribution is 2.21. The molecule has 1 heterocycles. The Labute approximate surface area is 111 Å². The minimum Gasteiger partial charge on any atom is -0.346 e. The first kappa shape index (κ1) is 13.2. The summed E-state index contributed by atoms with van der Waals surface area (Å²) in [5.41, 5.74) is 2.73. The van der Waals surface area contributed by atoms with Gasteiger partial charge >= 0.3 is 0 Å². The molecule has 0 amide bonds. The molecule has 0 bridgehead atoms. The molecule has 0 aliphatic carbocycles. The molecular formula is C13H13N3O2S. The fourth-order valence-electron chi connectivity index (χ4n) is 1.60. The lowest BCUT2D eigenvalue weighted by Crippen LogP contribution is -2.14. The Morgan fingerprint density at radius 2 is 1.89 bits per heavy atom. The highest BCUT2D eigenvalue weighted by Gasteiger charge is 2.07. The standard InChI is InChI=1S/C13H13N3O2S/c1-2-19(17,18)16-11-5-3-10(4-6-11)13-8-7-12(9-14)15-13/h3-8,15-16H,2H2,1H3. The predicted molar refractivity (Wildman–Crippen MR) is 74.0 cm³/mol. The lowest BCUT2D eigenvalue weighted by atomic mass is 10.1. The average molecular weight is 275 g/mol. The monoisotopic (exact) mass is 275 g/mol. The summed E-state index contributed by atoms with van der Waals surface area (Å²) in [6.07, 6.45) is 0. The normalized spacial score (nSPS) is 10.9. The van der Waals surface area contributed by atoms with Crippen molar-refractivity contribution >= 4 is 15.7 Å². The molecule has 1 aromatic carbocycles. The Kier molecular flexibility index (Phi) is 3.58. The van der Waals surface area contributed by atoms with E-state index in [0.29, 0.717) is 11.4 Å². The Balaban J connectivity index is 2.21. The van der Waals surface area contributed by atoms with Gasteiger partial charge in [-0.15, -0.1) is 0 Å². The van der Waals surface area contributed by atoms with Gasteiger partial charge in [0.15, 0.2) is 0 Å². The fourth-order valence-corrected chi connectivity index (χ4v) is 2.24. The third-order valence-corrected chi connectivity index (χ3v) is 3.96. The molecule has 0 saturated heterocycles. The number of anilines is 1. The molecule has 0 aliphatic heterocycles. The number of sulfonamides is 1. The van der Waals surface area contributed by atoms with Crippen LogP contribution in [0.25, 0.3) is 11.3 Å². The molecule has 2 N–H and O–H groups in total. The van der Waals surface area contributed by atoms with Crippen LogP contribution in [0, 0.1) is 11.3 Å². The van der Waals surface area contributed by atoms with Gasteiger partial charge in [0.25, 0.3) is 0 Å². The predicted octanol–water partition coefficient (Wildman–Crippen LogP) is 2.31. The summed E-state index contributed by atoms with van der Waals surface area (Å²) < 4.78 is 25.3. The molecule has 0 unspecified atom stereocenters. The number of nitriles is 1. The van der Waals surface area contributed by atoms with Crippen molar-refractivity contribution in [3.8, 4) is 17.3 Å². The summed E-state index contributed by atoms with van der Waals surface area (Å²) in [6.45, 7) is 1.58. The van der Waals surface area contributed by atoms with Crippen LogP contribution in [0.4, 0.5) is 5.69 Å². The van der Waals surface area contributed by atoms with Gasteiger partial charge in [0.2, 0.25) is 10.0 Å². The number of aromatic amines is 1. The number of rotatable bonds is 4. The van der Waals surface area contributed by atoms with Crippen molar-refractivity contribution in [2.24, 2.45) is 0 Å². The van der Waals surface area contributed by atoms with Crippen LogP contribution >= 0.6 is 0 Å². The molecule has 0 atom stereocenters. The molecule has 0 fully saturated rings. The van der Waals surface area contributed by atoms with Crippen molar-refractivity contribution in [2.75, 3.05) is 10.5 Å². The summed E-state index contributed by atoms with van der Waals surface area (Å²) >= 11 is 0. The van der Waals surface area contributed by atoms with Crippen molar-refractivity contribution in [3.63, 3.8) is 0 Å². The summed E-state index contributed by atoms with van der Waals surface area (Å²) in [6, 6.07) is 12.5. The zero-order valence-electron chi connectivity index (χ0n) is 10.3. The number of nitrogens with one attached hydrogen (secondary N) is 2. The number of hydrogen-bond donors (Lipinski definition) is 2. The molecule has 0 spiro atoms. The summed E-state index contributed by atoms with van der Waals surface area (Å²) in [7, 11) is -3.25. The van der Waals surface area contributed by atoms with Crippen molar-refractivity contribution in [2.45, 2.75) is 6.92 Å². The van der Waals surface area contributed by atoms with E-state index in [1.165, 1.54) is 0 Å². The largest absolute Gasteiger partial charge is 0.346 e. The van der Waals surface area contributed by atoms with Crippen molar-refractivity contribution in [1.82, 2.24) is 4.98 Å². The maximum absolute atomic E-state index is 11.4. The van der Waals surface area contributed by atoms with Crippen LogP contribution in [-0.4, -0.2) is 19.2 Å². The highest BCUT2D eigenvalue weighted by molar-refractivity contribution is 7.92. The summed E-state index contributed by atoms with van der Waals surface area (Å²) in [4.78, 5) is 2.96. The number of nitrogens with zero attached hydrogens (tertiary/aromatic N) is 1. The van der Waals surface area contributed by atoms with E-state index < -0.39 is 10.0 Å². The van der Waals surface area contributed by atoms with Crippen LogP contribution in [-0.2, 0) is 10.0 Å². The van der Waals surface area contributed by atoms with Gasteiger partial charge in [-0.05, 0) is 36.8 Å². The molecule has 98 valence electrons. The third kappa shape index (κ3) is 3.14.